The van der Waals surface area contributed by atoms with Crippen molar-refractivity contribution in [1.82, 2.24) is 0 Å². The number of imide groups is 1. The Labute approximate surface area is 168 Å². The molecule has 3 aromatic rings. The number of nitrogens with zero attached hydrogens (tertiary/aromatic N) is 1. The normalized spacial score (nSPS) is 14.0. The van der Waals surface area contributed by atoms with E-state index >= 15 is 0 Å². The maximum Gasteiger partial charge on any atom is 0.282 e. The van der Waals surface area contributed by atoms with Crippen LogP contribution in [0.2, 0.25) is 0 Å². The number of rotatable bonds is 4. The highest BCUT2D eigenvalue weighted by atomic mass is 19.1. The quantitative estimate of drug-likeness (QED) is 0.653. The van der Waals surface area contributed by atoms with E-state index in [9.17, 15) is 14.0 Å². The molecule has 4 nitrogen and oxygen atoms in total. The molecule has 0 spiro atoms. The first-order valence-electron chi connectivity index (χ1n) is 9.23. The van der Waals surface area contributed by atoms with Crippen LogP contribution < -0.4 is 10.2 Å². The minimum absolute atomic E-state index is 0.173. The van der Waals surface area contributed by atoms with Gasteiger partial charge in [0.2, 0.25) is 0 Å². The van der Waals surface area contributed by atoms with E-state index in [0.29, 0.717) is 22.5 Å². The molecule has 1 N–H and O–H groups in total. The average Bonchev–Trinajstić information content (AvgIpc) is 2.93. The molecule has 1 heterocycles. The van der Waals surface area contributed by atoms with Gasteiger partial charge >= 0.3 is 0 Å². The number of carbonyl (C=O) groups excluding carboxylic acids is 2. The molecular formula is C24H19FN2O2. The number of aryl methyl sites for hydroxylation is 2. The van der Waals surface area contributed by atoms with E-state index in [1.807, 2.05) is 50.2 Å². The summed E-state index contributed by atoms with van der Waals surface area (Å²) >= 11 is 0. The van der Waals surface area contributed by atoms with E-state index in [1.54, 1.807) is 12.1 Å². The molecule has 1 aliphatic rings. The second-order valence-corrected chi connectivity index (χ2v) is 7.04. The SMILES string of the molecule is Cc1cc(C)cc(N2C(=O)C(Nc3ccc(F)cc3)=C(c3ccccc3)C2=O)c1. The molecule has 4 rings (SSSR count). The molecular weight excluding hydrogens is 367 g/mol. The van der Waals surface area contributed by atoms with Crippen LogP contribution in [0.5, 0.6) is 0 Å². The maximum absolute atomic E-state index is 13.3. The van der Waals surface area contributed by atoms with Gasteiger partial charge in [-0.1, -0.05) is 36.4 Å². The van der Waals surface area contributed by atoms with Gasteiger partial charge in [-0.3, -0.25) is 9.59 Å². The monoisotopic (exact) mass is 386 g/mol. The Kier molecular flexibility index (Phi) is 4.72. The zero-order valence-corrected chi connectivity index (χ0v) is 16.1. The number of anilines is 2. The molecule has 0 aromatic heterocycles. The highest BCUT2D eigenvalue weighted by Gasteiger charge is 2.40. The lowest BCUT2D eigenvalue weighted by Gasteiger charge is -2.17. The van der Waals surface area contributed by atoms with Gasteiger partial charge < -0.3 is 5.32 Å². The highest BCUT2D eigenvalue weighted by molar-refractivity contribution is 6.46. The first-order chi connectivity index (χ1) is 13.9. The molecule has 0 atom stereocenters. The molecule has 0 fully saturated rings. The van der Waals surface area contributed by atoms with Gasteiger partial charge in [-0.05, 0) is 66.9 Å². The lowest BCUT2D eigenvalue weighted by molar-refractivity contribution is -0.120. The summed E-state index contributed by atoms with van der Waals surface area (Å²) in [5.41, 5.74) is 4.08. The number of nitrogens with one attached hydrogen (secondary N) is 1. The van der Waals surface area contributed by atoms with Gasteiger partial charge in [-0.25, -0.2) is 9.29 Å². The first-order valence-corrected chi connectivity index (χ1v) is 9.23. The Balaban J connectivity index is 1.82. The lowest BCUT2D eigenvalue weighted by atomic mass is 10.0. The van der Waals surface area contributed by atoms with Gasteiger partial charge in [0.05, 0.1) is 11.3 Å². The van der Waals surface area contributed by atoms with E-state index in [1.165, 1.54) is 29.2 Å². The molecule has 3 aromatic carbocycles. The van der Waals surface area contributed by atoms with Crippen molar-refractivity contribution in [3.63, 3.8) is 0 Å². The maximum atomic E-state index is 13.3. The third-order valence-electron chi connectivity index (χ3n) is 4.72. The first kappa shape index (κ1) is 18.6. The number of amides is 2. The molecule has 0 saturated heterocycles. The van der Waals surface area contributed by atoms with Crippen LogP contribution >= 0.6 is 0 Å². The third kappa shape index (κ3) is 3.55. The standard InChI is InChI=1S/C24H19FN2O2/c1-15-12-16(2)14-20(13-15)27-23(28)21(17-6-4-3-5-7-17)22(24(27)29)26-19-10-8-18(25)9-11-19/h3-14,26H,1-2H3. The predicted octanol–water partition coefficient (Wildman–Crippen LogP) is 4.84. The van der Waals surface area contributed by atoms with Crippen molar-refractivity contribution >= 4 is 28.8 Å². The van der Waals surface area contributed by atoms with Crippen molar-refractivity contribution in [2.24, 2.45) is 0 Å². The molecule has 0 bridgehead atoms. The molecule has 144 valence electrons. The fraction of sp³-hybridized carbons (Fsp3) is 0.0833. The van der Waals surface area contributed by atoms with E-state index in [-0.39, 0.29) is 11.5 Å². The molecule has 5 heteroatoms. The van der Waals surface area contributed by atoms with Gasteiger partial charge in [0.15, 0.2) is 0 Å². The van der Waals surface area contributed by atoms with Crippen molar-refractivity contribution in [3.8, 4) is 0 Å². The average molecular weight is 386 g/mol. The lowest BCUT2D eigenvalue weighted by Crippen LogP contribution is -2.32. The zero-order valence-electron chi connectivity index (χ0n) is 16.1. The molecule has 1 aliphatic heterocycles. The van der Waals surface area contributed by atoms with Crippen LogP contribution in [0.1, 0.15) is 16.7 Å². The molecule has 0 radical (unpaired) electrons. The minimum atomic E-state index is -0.442. The molecule has 29 heavy (non-hydrogen) atoms. The highest BCUT2D eigenvalue weighted by Crippen LogP contribution is 2.34. The van der Waals surface area contributed by atoms with Crippen LogP contribution in [0.25, 0.3) is 5.57 Å². The van der Waals surface area contributed by atoms with Gasteiger partial charge in [-0.15, -0.1) is 0 Å². The van der Waals surface area contributed by atoms with Crippen molar-refractivity contribution in [2.45, 2.75) is 13.8 Å². The Morgan fingerprint density at radius 1 is 0.793 bits per heavy atom. The summed E-state index contributed by atoms with van der Waals surface area (Å²) in [6, 6.07) is 20.3. The van der Waals surface area contributed by atoms with Crippen LogP contribution in [-0.2, 0) is 9.59 Å². The molecule has 0 aliphatic carbocycles. The predicted molar refractivity (Wildman–Crippen MR) is 112 cm³/mol. The van der Waals surface area contributed by atoms with Crippen LogP contribution in [0.15, 0.2) is 78.5 Å². The van der Waals surface area contributed by atoms with E-state index < -0.39 is 11.8 Å². The number of hydrogen-bond acceptors (Lipinski definition) is 3. The Morgan fingerprint density at radius 3 is 2.03 bits per heavy atom. The Morgan fingerprint density at radius 2 is 1.41 bits per heavy atom. The second kappa shape index (κ2) is 7.36. The van der Waals surface area contributed by atoms with E-state index in [4.69, 9.17) is 0 Å². The summed E-state index contributed by atoms with van der Waals surface area (Å²) < 4.78 is 13.3. The van der Waals surface area contributed by atoms with Crippen molar-refractivity contribution in [2.75, 3.05) is 10.2 Å². The van der Waals surface area contributed by atoms with Crippen LogP contribution in [0, 0.1) is 19.7 Å². The van der Waals surface area contributed by atoms with Crippen LogP contribution in [0.4, 0.5) is 15.8 Å². The van der Waals surface area contributed by atoms with Crippen molar-refractivity contribution in [1.29, 1.82) is 0 Å². The number of hydrogen-bond donors (Lipinski definition) is 1. The fourth-order valence-electron chi connectivity index (χ4n) is 3.51. The summed E-state index contributed by atoms with van der Waals surface area (Å²) in [6.07, 6.45) is 0. The molecule has 0 unspecified atom stereocenters. The summed E-state index contributed by atoms with van der Waals surface area (Å²) in [4.78, 5) is 27.8. The zero-order chi connectivity index (χ0) is 20.5. The van der Waals surface area contributed by atoms with E-state index in [0.717, 1.165) is 11.1 Å². The summed E-state index contributed by atoms with van der Waals surface area (Å²) in [6.45, 7) is 3.84. The number of benzene rings is 3. The van der Waals surface area contributed by atoms with Gasteiger partial charge in [0, 0.05) is 5.69 Å². The van der Waals surface area contributed by atoms with E-state index in [2.05, 4.69) is 5.32 Å². The van der Waals surface area contributed by atoms with Crippen molar-refractivity contribution in [3.05, 3.63) is 101 Å². The number of carbonyl (C=O) groups is 2. The van der Waals surface area contributed by atoms with Gasteiger partial charge in [-0.2, -0.15) is 0 Å². The fourth-order valence-corrected chi connectivity index (χ4v) is 3.51. The van der Waals surface area contributed by atoms with Crippen LogP contribution in [-0.4, -0.2) is 11.8 Å². The summed E-state index contributed by atoms with van der Waals surface area (Å²) in [5.74, 6) is -1.21. The third-order valence-corrected chi connectivity index (χ3v) is 4.72. The Bertz CT molecular complexity index is 1120. The summed E-state index contributed by atoms with van der Waals surface area (Å²) in [7, 11) is 0. The smallest absolute Gasteiger partial charge is 0.282 e. The second-order valence-electron chi connectivity index (χ2n) is 7.04. The largest absolute Gasteiger partial charge is 0.350 e. The number of halogens is 1. The Hall–Kier alpha value is -3.73. The minimum Gasteiger partial charge on any atom is -0.350 e. The summed E-state index contributed by atoms with van der Waals surface area (Å²) in [5, 5.41) is 3.03. The topological polar surface area (TPSA) is 49.4 Å². The van der Waals surface area contributed by atoms with Crippen LogP contribution in [0.3, 0.4) is 0 Å². The van der Waals surface area contributed by atoms with Crippen molar-refractivity contribution < 1.29 is 14.0 Å². The molecule has 2 amide bonds. The molecule has 0 saturated carbocycles. The van der Waals surface area contributed by atoms with Gasteiger partial charge in [0.1, 0.15) is 11.5 Å². The van der Waals surface area contributed by atoms with Gasteiger partial charge in [0.25, 0.3) is 11.8 Å².